The molecule has 30 heavy (non-hydrogen) atoms. The van der Waals surface area contributed by atoms with Gasteiger partial charge in [-0.1, -0.05) is 12.8 Å². The fraction of sp³-hybridized carbons (Fsp3) is 0.706. The Balaban J connectivity index is 1.43. The Morgan fingerprint density at radius 2 is 1.87 bits per heavy atom. The van der Waals surface area contributed by atoms with Gasteiger partial charge < -0.3 is 16.0 Å². The summed E-state index contributed by atoms with van der Waals surface area (Å²) in [6.45, 7) is 0.906. The number of hydrogen-bond acceptors (Lipinski definition) is 10. The molecule has 4 rings (SSSR count). The molecule has 1 aromatic heterocycles. The van der Waals surface area contributed by atoms with E-state index in [1.165, 1.54) is 10.6 Å². The van der Waals surface area contributed by atoms with Gasteiger partial charge in [-0.25, -0.2) is 28.1 Å². The molecular formula is C17H29N9O3S. The molecule has 12 nitrogen and oxygen atoms in total. The van der Waals surface area contributed by atoms with E-state index in [1.807, 2.05) is 0 Å². The number of nitrogens with two attached hydrogens (primary N) is 1. The maximum atomic E-state index is 12.7. The normalized spacial score (nSPS) is 26.1. The highest BCUT2D eigenvalue weighted by Gasteiger charge is 2.40. The highest BCUT2D eigenvalue weighted by atomic mass is 32.2. The Kier molecular flexibility index (Phi) is 5.81. The third-order valence-electron chi connectivity index (χ3n) is 5.86. The van der Waals surface area contributed by atoms with Crippen LogP contribution in [0.3, 0.4) is 0 Å². The van der Waals surface area contributed by atoms with Crippen LogP contribution >= 0.6 is 0 Å². The monoisotopic (exact) mass is 439 g/mol. The van der Waals surface area contributed by atoms with Crippen LogP contribution in [-0.4, -0.2) is 65.9 Å². The first-order valence-electron chi connectivity index (χ1n) is 10.2. The molecule has 7 N–H and O–H groups in total. The number of hydrogen-bond donors (Lipinski definition) is 6. The molecule has 3 aliphatic rings. The van der Waals surface area contributed by atoms with Crippen molar-refractivity contribution in [3.05, 3.63) is 11.9 Å². The van der Waals surface area contributed by atoms with E-state index in [9.17, 15) is 13.2 Å². The largest absolute Gasteiger partial charge is 0.366 e. The standard InChI is InChI=1S/C17H29N9O3S/c1-30(28,29)26-8-6-11(7-9-26)20-13-10-19-15-14(21-13)16(27)24-17(23-15,25-18)22-12-4-2-3-5-12/h10-12,22,25H,2-9,18H2,1H3,(H,19,23)(H,20,21)(H,24,27). The highest BCUT2D eigenvalue weighted by Crippen LogP contribution is 2.24. The second-order valence-corrected chi connectivity index (χ2v) is 10.1. The van der Waals surface area contributed by atoms with Crippen molar-refractivity contribution in [3.8, 4) is 0 Å². The predicted molar refractivity (Wildman–Crippen MR) is 112 cm³/mol. The van der Waals surface area contributed by atoms with Crippen molar-refractivity contribution in [1.82, 2.24) is 30.3 Å². The number of nitrogens with one attached hydrogen (secondary N) is 5. The van der Waals surface area contributed by atoms with Gasteiger partial charge in [-0.2, -0.15) is 0 Å². The molecule has 0 radical (unpaired) electrons. The van der Waals surface area contributed by atoms with Crippen molar-refractivity contribution in [3.63, 3.8) is 0 Å². The number of sulfonamides is 1. The van der Waals surface area contributed by atoms with Crippen molar-refractivity contribution in [2.24, 2.45) is 5.84 Å². The van der Waals surface area contributed by atoms with E-state index in [0.29, 0.717) is 37.6 Å². The zero-order chi connectivity index (χ0) is 21.4. The zero-order valence-electron chi connectivity index (χ0n) is 16.9. The number of piperidine rings is 1. The number of nitrogens with zero attached hydrogens (tertiary/aromatic N) is 3. The minimum absolute atomic E-state index is 0.0591. The lowest BCUT2D eigenvalue weighted by Gasteiger charge is -2.40. The SMILES string of the molecule is CS(=O)(=O)N1CCC(Nc2cnc3c(n2)C(=O)NC(NN)(NC2CCCC2)N3)CC1. The van der Waals surface area contributed by atoms with Gasteiger partial charge in [-0.3, -0.25) is 16.0 Å². The molecule has 1 amide bonds. The topological polar surface area (TPSA) is 166 Å². The summed E-state index contributed by atoms with van der Waals surface area (Å²) in [6.07, 6.45) is 8.40. The van der Waals surface area contributed by atoms with Crippen molar-refractivity contribution in [2.45, 2.75) is 56.5 Å². The average molecular weight is 440 g/mol. The average Bonchev–Trinajstić information content (AvgIpc) is 3.21. The molecule has 1 saturated heterocycles. The van der Waals surface area contributed by atoms with Gasteiger partial charge in [0.25, 0.3) is 5.91 Å². The van der Waals surface area contributed by atoms with Gasteiger partial charge in [0, 0.05) is 25.2 Å². The molecule has 1 aliphatic carbocycles. The molecule has 2 fully saturated rings. The number of fused-ring (bicyclic) bond motifs is 1. The summed E-state index contributed by atoms with van der Waals surface area (Å²) in [5, 5.41) is 12.5. The van der Waals surface area contributed by atoms with E-state index in [2.05, 4.69) is 36.7 Å². The molecule has 2 aliphatic heterocycles. The van der Waals surface area contributed by atoms with Crippen LogP contribution in [0.1, 0.15) is 49.0 Å². The summed E-state index contributed by atoms with van der Waals surface area (Å²) in [6, 6.07) is 0.297. The molecule has 1 saturated carbocycles. The van der Waals surface area contributed by atoms with E-state index in [0.717, 1.165) is 25.7 Å². The number of aromatic nitrogens is 2. The zero-order valence-corrected chi connectivity index (χ0v) is 17.8. The van der Waals surface area contributed by atoms with E-state index in [-0.39, 0.29) is 17.8 Å². The predicted octanol–water partition coefficient (Wildman–Crippen LogP) is -0.925. The summed E-state index contributed by atoms with van der Waals surface area (Å²) < 4.78 is 24.8. The first kappa shape index (κ1) is 21.2. The van der Waals surface area contributed by atoms with Gasteiger partial charge >= 0.3 is 0 Å². The third-order valence-corrected chi connectivity index (χ3v) is 7.16. The van der Waals surface area contributed by atoms with E-state index < -0.39 is 21.8 Å². The third kappa shape index (κ3) is 4.49. The second-order valence-electron chi connectivity index (χ2n) is 8.13. The van der Waals surface area contributed by atoms with Crippen LogP contribution in [0.2, 0.25) is 0 Å². The summed E-state index contributed by atoms with van der Waals surface area (Å²) in [7, 11) is -3.17. The fourth-order valence-corrected chi connectivity index (χ4v) is 5.12. The lowest BCUT2D eigenvalue weighted by atomic mass is 10.1. The van der Waals surface area contributed by atoms with E-state index in [4.69, 9.17) is 5.84 Å². The van der Waals surface area contributed by atoms with Crippen molar-refractivity contribution in [1.29, 1.82) is 0 Å². The van der Waals surface area contributed by atoms with Gasteiger partial charge in [0.1, 0.15) is 5.82 Å². The lowest BCUT2D eigenvalue weighted by Crippen LogP contribution is -2.77. The van der Waals surface area contributed by atoms with Gasteiger partial charge in [-0.05, 0) is 25.7 Å². The second kappa shape index (κ2) is 8.23. The Morgan fingerprint density at radius 3 is 2.50 bits per heavy atom. The molecule has 166 valence electrons. The van der Waals surface area contributed by atoms with Crippen LogP contribution < -0.4 is 32.5 Å². The van der Waals surface area contributed by atoms with Gasteiger partial charge in [0.2, 0.25) is 15.9 Å². The van der Waals surface area contributed by atoms with Gasteiger partial charge in [0.05, 0.1) is 12.5 Å². The Morgan fingerprint density at radius 1 is 1.17 bits per heavy atom. The molecule has 1 aromatic rings. The number of carbonyl (C=O) groups is 1. The van der Waals surface area contributed by atoms with E-state index >= 15 is 0 Å². The Labute approximate surface area is 175 Å². The molecule has 13 heteroatoms. The summed E-state index contributed by atoms with van der Waals surface area (Å²) in [5.41, 5.74) is 2.79. The molecule has 0 bridgehead atoms. The molecule has 1 unspecified atom stereocenters. The maximum absolute atomic E-state index is 12.7. The summed E-state index contributed by atoms with van der Waals surface area (Å²) in [4.78, 5) is 21.5. The van der Waals surface area contributed by atoms with Crippen LogP contribution in [0.5, 0.6) is 0 Å². The number of carbonyl (C=O) groups excluding carboxylic acids is 1. The molecule has 1 atom stereocenters. The first-order chi connectivity index (χ1) is 14.3. The van der Waals surface area contributed by atoms with Crippen molar-refractivity contribution >= 4 is 27.6 Å². The highest BCUT2D eigenvalue weighted by molar-refractivity contribution is 7.88. The number of rotatable bonds is 6. The summed E-state index contributed by atoms with van der Waals surface area (Å²) in [5.74, 6) is 4.97. The minimum atomic E-state index is -3.17. The van der Waals surface area contributed by atoms with Crippen LogP contribution in [0.4, 0.5) is 11.6 Å². The lowest BCUT2D eigenvalue weighted by molar-refractivity contribution is 0.0830. The first-order valence-corrected chi connectivity index (χ1v) is 12.1. The quantitative estimate of drug-likeness (QED) is 0.185. The molecular weight excluding hydrogens is 410 g/mol. The van der Waals surface area contributed by atoms with Crippen LogP contribution in [0.25, 0.3) is 0 Å². The van der Waals surface area contributed by atoms with Crippen molar-refractivity contribution in [2.75, 3.05) is 30.0 Å². The van der Waals surface area contributed by atoms with Gasteiger partial charge in [-0.15, -0.1) is 0 Å². The molecule has 0 spiro atoms. The Hall–Kier alpha value is -2.06. The smallest absolute Gasteiger partial charge is 0.277 e. The molecule has 3 heterocycles. The number of hydrazine groups is 1. The fourth-order valence-electron chi connectivity index (χ4n) is 4.25. The number of amides is 1. The van der Waals surface area contributed by atoms with Crippen LogP contribution in [-0.2, 0) is 10.0 Å². The van der Waals surface area contributed by atoms with Crippen LogP contribution in [0.15, 0.2) is 6.20 Å². The number of anilines is 2. The maximum Gasteiger partial charge on any atom is 0.277 e. The minimum Gasteiger partial charge on any atom is -0.366 e. The van der Waals surface area contributed by atoms with Crippen LogP contribution in [0, 0.1) is 0 Å². The summed E-state index contributed by atoms with van der Waals surface area (Å²) >= 11 is 0. The van der Waals surface area contributed by atoms with E-state index in [1.54, 1.807) is 6.20 Å². The Bertz CT molecular complexity index is 898. The molecule has 0 aromatic carbocycles. The van der Waals surface area contributed by atoms with Crippen molar-refractivity contribution < 1.29 is 13.2 Å². The van der Waals surface area contributed by atoms with Gasteiger partial charge in [0.15, 0.2) is 11.5 Å².